The molecule has 0 unspecified atom stereocenters. The molecule has 0 radical (unpaired) electrons. The van der Waals surface area contributed by atoms with Crippen molar-refractivity contribution >= 4 is 11.6 Å². The average molecular weight is 196 g/mol. The molecule has 1 rings (SSSR count). The van der Waals surface area contributed by atoms with Crippen molar-refractivity contribution in [3.05, 3.63) is 12.4 Å². The number of nitrogens with two attached hydrogens (primary N) is 1. The van der Waals surface area contributed by atoms with E-state index in [1.807, 2.05) is 13.8 Å². The number of nitrogens with one attached hydrogen (secondary N) is 1. The molecule has 3 N–H and O–H groups in total. The summed E-state index contributed by atoms with van der Waals surface area (Å²) >= 11 is 0. The molecule has 0 bridgehead atoms. The zero-order chi connectivity index (χ0) is 10.6. The largest absolute Gasteiger partial charge is 0.384 e. The zero-order valence-electron chi connectivity index (χ0n) is 8.74. The van der Waals surface area contributed by atoms with Crippen LogP contribution in [0, 0.1) is 0 Å². The summed E-state index contributed by atoms with van der Waals surface area (Å²) in [6, 6.07) is 1.69. The van der Waals surface area contributed by atoms with Gasteiger partial charge < -0.3 is 15.8 Å². The highest BCUT2D eigenvalue weighted by atomic mass is 16.5. The Bertz CT molecular complexity index is 301. The van der Waals surface area contributed by atoms with Crippen LogP contribution < -0.4 is 11.1 Å². The zero-order valence-corrected chi connectivity index (χ0v) is 8.74. The van der Waals surface area contributed by atoms with Crippen LogP contribution in [0.4, 0.5) is 11.6 Å². The molecule has 5 nitrogen and oxygen atoms in total. The topological polar surface area (TPSA) is 73.1 Å². The number of anilines is 2. The lowest BCUT2D eigenvalue weighted by Gasteiger charge is -2.23. The van der Waals surface area contributed by atoms with Gasteiger partial charge in [-0.1, -0.05) is 0 Å². The highest BCUT2D eigenvalue weighted by Crippen LogP contribution is 2.10. The number of ether oxygens (including phenoxy) is 1. The third-order valence-corrected chi connectivity index (χ3v) is 1.94. The molecule has 0 aromatic carbocycles. The van der Waals surface area contributed by atoms with Crippen LogP contribution >= 0.6 is 0 Å². The first-order valence-corrected chi connectivity index (χ1v) is 4.40. The van der Waals surface area contributed by atoms with Crippen molar-refractivity contribution < 1.29 is 4.74 Å². The van der Waals surface area contributed by atoms with Gasteiger partial charge in [0.05, 0.1) is 5.60 Å². The van der Waals surface area contributed by atoms with Crippen LogP contribution in [0.5, 0.6) is 0 Å². The lowest BCUT2D eigenvalue weighted by atomic mass is 10.1. The highest BCUT2D eigenvalue weighted by molar-refractivity contribution is 5.43. The Labute approximate surface area is 83.7 Å². The lowest BCUT2D eigenvalue weighted by molar-refractivity contribution is 0.0343. The van der Waals surface area contributed by atoms with Gasteiger partial charge in [0.2, 0.25) is 0 Å². The fourth-order valence-electron chi connectivity index (χ4n) is 0.845. The van der Waals surface area contributed by atoms with Crippen LogP contribution in [0.1, 0.15) is 13.8 Å². The molecule has 0 atom stereocenters. The SMILES string of the molecule is COC(C)(C)CNc1cc(N)ncn1. The third kappa shape index (κ3) is 3.18. The summed E-state index contributed by atoms with van der Waals surface area (Å²) in [4.78, 5) is 7.82. The number of hydrogen-bond donors (Lipinski definition) is 2. The van der Waals surface area contributed by atoms with Gasteiger partial charge in [0.15, 0.2) is 0 Å². The van der Waals surface area contributed by atoms with Crippen molar-refractivity contribution in [3.8, 4) is 0 Å². The summed E-state index contributed by atoms with van der Waals surface area (Å²) in [5, 5.41) is 3.12. The molecule has 0 spiro atoms. The predicted octanol–water partition coefficient (Wildman–Crippen LogP) is 0.896. The molecule has 14 heavy (non-hydrogen) atoms. The number of hydrogen-bond acceptors (Lipinski definition) is 5. The van der Waals surface area contributed by atoms with Gasteiger partial charge in [-0.3, -0.25) is 0 Å². The van der Waals surface area contributed by atoms with Crippen molar-refractivity contribution in [3.63, 3.8) is 0 Å². The van der Waals surface area contributed by atoms with E-state index in [1.54, 1.807) is 13.2 Å². The molecule has 1 aromatic heterocycles. The molecular formula is C9H16N4O. The average Bonchev–Trinajstić information content (AvgIpc) is 2.15. The molecule has 0 saturated carbocycles. The minimum atomic E-state index is -0.223. The van der Waals surface area contributed by atoms with E-state index in [0.717, 1.165) is 0 Å². The van der Waals surface area contributed by atoms with Crippen LogP contribution in [0.3, 0.4) is 0 Å². The second-order valence-electron chi connectivity index (χ2n) is 3.65. The normalized spacial score (nSPS) is 11.4. The second kappa shape index (κ2) is 4.23. The summed E-state index contributed by atoms with van der Waals surface area (Å²) in [6.45, 7) is 4.65. The fourth-order valence-corrected chi connectivity index (χ4v) is 0.845. The van der Waals surface area contributed by atoms with E-state index in [-0.39, 0.29) is 5.60 Å². The maximum Gasteiger partial charge on any atom is 0.131 e. The molecule has 0 aliphatic carbocycles. The molecule has 0 aliphatic rings. The van der Waals surface area contributed by atoms with E-state index in [1.165, 1.54) is 6.33 Å². The number of rotatable bonds is 4. The van der Waals surface area contributed by atoms with Crippen molar-refractivity contribution in [2.45, 2.75) is 19.4 Å². The standard InChI is InChI=1S/C9H16N4O/c1-9(2,14-3)5-11-8-4-7(10)12-6-13-8/h4,6H,5H2,1-3H3,(H3,10,11,12,13). The predicted molar refractivity (Wildman–Crippen MR) is 56.0 cm³/mol. The van der Waals surface area contributed by atoms with Gasteiger partial charge in [0.25, 0.3) is 0 Å². The molecule has 0 amide bonds. The van der Waals surface area contributed by atoms with E-state index < -0.39 is 0 Å². The van der Waals surface area contributed by atoms with Gasteiger partial charge in [-0.25, -0.2) is 9.97 Å². The summed E-state index contributed by atoms with van der Waals surface area (Å²) in [5.74, 6) is 1.17. The summed E-state index contributed by atoms with van der Waals surface area (Å²) in [7, 11) is 1.68. The van der Waals surface area contributed by atoms with Crippen LogP contribution in [-0.2, 0) is 4.74 Å². The Morgan fingerprint density at radius 3 is 2.79 bits per heavy atom. The molecule has 78 valence electrons. The Morgan fingerprint density at radius 2 is 2.21 bits per heavy atom. The molecule has 1 aromatic rings. The van der Waals surface area contributed by atoms with Gasteiger partial charge in [-0.05, 0) is 13.8 Å². The van der Waals surface area contributed by atoms with E-state index in [2.05, 4.69) is 15.3 Å². The van der Waals surface area contributed by atoms with Gasteiger partial charge in [-0.2, -0.15) is 0 Å². The van der Waals surface area contributed by atoms with Crippen molar-refractivity contribution in [1.29, 1.82) is 0 Å². The van der Waals surface area contributed by atoms with E-state index in [0.29, 0.717) is 18.2 Å². The highest BCUT2D eigenvalue weighted by Gasteiger charge is 2.15. The maximum atomic E-state index is 5.51. The Balaban J connectivity index is 2.54. The number of nitrogen functional groups attached to an aromatic ring is 1. The maximum absolute atomic E-state index is 5.51. The van der Waals surface area contributed by atoms with Crippen molar-refractivity contribution in [2.75, 3.05) is 24.7 Å². The number of nitrogens with zero attached hydrogens (tertiary/aromatic N) is 2. The second-order valence-corrected chi connectivity index (χ2v) is 3.65. The lowest BCUT2D eigenvalue weighted by Crippen LogP contribution is -2.32. The van der Waals surface area contributed by atoms with Crippen LogP contribution in [0.2, 0.25) is 0 Å². The molecule has 5 heteroatoms. The van der Waals surface area contributed by atoms with Crippen LogP contribution in [0.25, 0.3) is 0 Å². The summed E-state index contributed by atoms with van der Waals surface area (Å²) in [6.07, 6.45) is 1.43. The van der Waals surface area contributed by atoms with Gasteiger partial charge in [0.1, 0.15) is 18.0 Å². The van der Waals surface area contributed by atoms with E-state index in [4.69, 9.17) is 10.5 Å². The first-order valence-electron chi connectivity index (χ1n) is 4.40. The quantitative estimate of drug-likeness (QED) is 0.748. The van der Waals surface area contributed by atoms with Crippen molar-refractivity contribution in [1.82, 2.24) is 9.97 Å². The van der Waals surface area contributed by atoms with Gasteiger partial charge >= 0.3 is 0 Å². The van der Waals surface area contributed by atoms with Crippen LogP contribution in [0.15, 0.2) is 12.4 Å². The summed E-state index contributed by atoms with van der Waals surface area (Å²) < 4.78 is 5.25. The Kier molecular flexibility index (Phi) is 3.24. The molecule has 0 saturated heterocycles. The smallest absolute Gasteiger partial charge is 0.131 e. The summed E-state index contributed by atoms with van der Waals surface area (Å²) in [5.41, 5.74) is 5.29. The van der Waals surface area contributed by atoms with E-state index in [9.17, 15) is 0 Å². The molecule has 1 heterocycles. The number of methoxy groups -OCH3 is 1. The minimum Gasteiger partial charge on any atom is -0.384 e. The van der Waals surface area contributed by atoms with Gasteiger partial charge in [-0.15, -0.1) is 0 Å². The van der Waals surface area contributed by atoms with E-state index >= 15 is 0 Å². The molecule has 0 aliphatic heterocycles. The Hall–Kier alpha value is -1.36. The van der Waals surface area contributed by atoms with Gasteiger partial charge in [0, 0.05) is 19.7 Å². The minimum absolute atomic E-state index is 0.223. The first kappa shape index (κ1) is 10.7. The number of aromatic nitrogens is 2. The monoisotopic (exact) mass is 196 g/mol. The first-order chi connectivity index (χ1) is 6.53. The third-order valence-electron chi connectivity index (χ3n) is 1.94. The van der Waals surface area contributed by atoms with Crippen LogP contribution in [-0.4, -0.2) is 29.2 Å². The Morgan fingerprint density at radius 1 is 1.50 bits per heavy atom. The molecule has 0 fully saturated rings. The fraction of sp³-hybridized carbons (Fsp3) is 0.556. The van der Waals surface area contributed by atoms with Crippen molar-refractivity contribution in [2.24, 2.45) is 0 Å². The molecular weight excluding hydrogens is 180 g/mol.